The minimum atomic E-state index is -0.675. The number of hydrogen-bond donors (Lipinski definition) is 2. The van der Waals surface area contributed by atoms with Crippen LogP contribution >= 0.6 is 0 Å². The number of nitro groups is 1. The Kier molecular flexibility index (Phi) is 3.60. The lowest BCUT2D eigenvalue weighted by Gasteiger charge is -2.06. The van der Waals surface area contributed by atoms with Crippen molar-refractivity contribution in [3.05, 3.63) is 45.9 Å². The predicted octanol–water partition coefficient (Wildman–Crippen LogP) is 0.235. The van der Waals surface area contributed by atoms with Crippen LogP contribution in [0.3, 0.4) is 0 Å². The first-order chi connectivity index (χ1) is 9.49. The highest BCUT2D eigenvalue weighted by atomic mass is 16.6. The largest absolute Gasteiger partial charge is 0.384 e. The number of nitrogens with two attached hydrogens (primary N) is 1. The van der Waals surface area contributed by atoms with Crippen molar-refractivity contribution in [1.82, 2.24) is 20.1 Å². The van der Waals surface area contributed by atoms with Gasteiger partial charge in [0.1, 0.15) is 17.6 Å². The number of aromatic nitrogens is 3. The lowest BCUT2D eigenvalue weighted by molar-refractivity contribution is -0.385. The summed E-state index contributed by atoms with van der Waals surface area (Å²) in [5.74, 6) is -0.548. The van der Waals surface area contributed by atoms with Crippen molar-refractivity contribution < 1.29 is 9.72 Å². The van der Waals surface area contributed by atoms with Crippen LogP contribution in [0.1, 0.15) is 16.1 Å². The van der Waals surface area contributed by atoms with Crippen LogP contribution in [0.4, 0.5) is 11.5 Å². The minimum Gasteiger partial charge on any atom is -0.384 e. The summed E-state index contributed by atoms with van der Waals surface area (Å²) < 4.78 is 1.59. The molecule has 2 aromatic heterocycles. The van der Waals surface area contributed by atoms with Gasteiger partial charge in [0.05, 0.1) is 17.2 Å². The van der Waals surface area contributed by atoms with Crippen LogP contribution in [0.15, 0.2) is 24.5 Å². The molecule has 2 rings (SSSR count). The number of amides is 1. The molecule has 0 aliphatic carbocycles. The lowest BCUT2D eigenvalue weighted by Crippen LogP contribution is -2.25. The molecule has 0 radical (unpaired) electrons. The first kappa shape index (κ1) is 13.5. The third-order valence-corrected chi connectivity index (χ3v) is 2.70. The van der Waals surface area contributed by atoms with Gasteiger partial charge in [-0.3, -0.25) is 19.6 Å². The average molecular weight is 276 g/mol. The van der Waals surface area contributed by atoms with Gasteiger partial charge < -0.3 is 11.1 Å². The molecule has 0 bridgehead atoms. The van der Waals surface area contributed by atoms with E-state index in [9.17, 15) is 14.9 Å². The van der Waals surface area contributed by atoms with Crippen LogP contribution in [-0.4, -0.2) is 25.6 Å². The van der Waals surface area contributed by atoms with Crippen molar-refractivity contribution in [2.75, 3.05) is 5.73 Å². The minimum absolute atomic E-state index is 0.0429. The molecule has 0 atom stereocenters. The van der Waals surface area contributed by atoms with E-state index < -0.39 is 10.8 Å². The molecule has 2 aromatic rings. The van der Waals surface area contributed by atoms with Gasteiger partial charge in [-0.25, -0.2) is 4.98 Å². The Morgan fingerprint density at radius 3 is 2.95 bits per heavy atom. The van der Waals surface area contributed by atoms with E-state index in [1.54, 1.807) is 24.0 Å². The quantitative estimate of drug-likeness (QED) is 0.607. The van der Waals surface area contributed by atoms with Crippen molar-refractivity contribution >= 4 is 17.4 Å². The van der Waals surface area contributed by atoms with Crippen LogP contribution in [-0.2, 0) is 13.6 Å². The van der Waals surface area contributed by atoms with Crippen LogP contribution in [0, 0.1) is 10.1 Å². The van der Waals surface area contributed by atoms with E-state index in [2.05, 4.69) is 15.4 Å². The summed E-state index contributed by atoms with van der Waals surface area (Å²) in [6.07, 6.45) is 2.56. The Morgan fingerprint density at radius 1 is 1.60 bits per heavy atom. The van der Waals surface area contributed by atoms with Crippen LogP contribution in [0.2, 0.25) is 0 Å². The number of carbonyl (C=O) groups excluding carboxylic acids is 1. The molecule has 0 unspecified atom stereocenters. The Balaban J connectivity index is 2.19. The van der Waals surface area contributed by atoms with Crippen molar-refractivity contribution in [3.8, 4) is 0 Å². The van der Waals surface area contributed by atoms with Crippen molar-refractivity contribution in [2.24, 2.45) is 7.05 Å². The first-order valence-electron chi connectivity index (χ1n) is 5.64. The van der Waals surface area contributed by atoms with E-state index in [1.165, 1.54) is 6.07 Å². The number of pyridine rings is 1. The highest BCUT2D eigenvalue weighted by Gasteiger charge is 2.21. The number of aryl methyl sites for hydroxylation is 1. The monoisotopic (exact) mass is 276 g/mol. The molecule has 0 aromatic carbocycles. The molecule has 3 N–H and O–H groups in total. The summed E-state index contributed by atoms with van der Waals surface area (Å²) in [6.45, 7) is 0.203. The molecule has 104 valence electrons. The van der Waals surface area contributed by atoms with Crippen LogP contribution < -0.4 is 11.1 Å². The SMILES string of the molecule is Cn1nccc1CNC(=O)c1cc(N)ncc1[N+](=O)[O-]. The van der Waals surface area contributed by atoms with Gasteiger partial charge in [-0.15, -0.1) is 0 Å². The number of anilines is 1. The van der Waals surface area contributed by atoms with Crippen LogP contribution in [0.5, 0.6) is 0 Å². The maximum absolute atomic E-state index is 12.0. The second-order valence-electron chi connectivity index (χ2n) is 4.01. The van der Waals surface area contributed by atoms with Gasteiger partial charge in [0.25, 0.3) is 11.6 Å². The summed E-state index contributed by atoms with van der Waals surface area (Å²) in [7, 11) is 1.73. The van der Waals surface area contributed by atoms with E-state index in [1.807, 2.05) is 0 Å². The first-order valence-corrected chi connectivity index (χ1v) is 5.64. The van der Waals surface area contributed by atoms with Crippen molar-refractivity contribution in [3.63, 3.8) is 0 Å². The zero-order valence-electron chi connectivity index (χ0n) is 10.6. The van der Waals surface area contributed by atoms with Gasteiger partial charge in [-0.2, -0.15) is 5.10 Å². The fourth-order valence-corrected chi connectivity index (χ4v) is 1.63. The summed E-state index contributed by atoms with van der Waals surface area (Å²) >= 11 is 0. The lowest BCUT2D eigenvalue weighted by atomic mass is 10.2. The molecular formula is C11H12N6O3. The fraction of sp³-hybridized carbons (Fsp3) is 0.182. The molecule has 0 aliphatic heterocycles. The van der Waals surface area contributed by atoms with E-state index in [0.717, 1.165) is 11.9 Å². The van der Waals surface area contributed by atoms with Crippen LogP contribution in [0.25, 0.3) is 0 Å². The molecule has 2 heterocycles. The number of nitrogen functional groups attached to an aromatic ring is 1. The number of nitrogens with zero attached hydrogens (tertiary/aromatic N) is 4. The number of hydrogen-bond acceptors (Lipinski definition) is 6. The van der Waals surface area contributed by atoms with E-state index in [0.29, 0.717) is 0 Å². The molecule has 9 heteroatoms. The Hall–Kier alpha value is -2.97. The highest BCUT2D eigenvalue weighted by molar-refractivity contribution is 5.98. The summed E-state index contributed by atoms with van der Waals surface area (Å²) in [6, 6.07) is 2.91. The average Bonchev–Trinajstić information content (AvgIpc) is 2.81. The number of carbonyl (C=O) groups is 1. The van der Waals surface area contributed by atoms with E-state index >= 15 is 0 Å². The van der Waals surface area contributed by atoms with E-state index in [4.69, 9.17) is 5.73 Å². The van der Waals surface area contributed by atoms with Crippen molar-refractivity contribution in [2.45, 2.75) is 6.54 Å². The third-order valence-electron chi connectivity index (χ3n) is 2.70. The standard InChI is InChI=1S/C11H12N6O3/c1-16-7(2-3-15-16)5-14-11(18)8-4-10(12)13-6-9(8)17(19)20/h2-4,6H,5H2,1H3,(H2,12,13)(H,14,18). The Morgan fingerprint density at radius 2 is 2.35 bits per heavy atom. The zero-order chi connectivity index (χ0) is 14.7. The molecule has 20 heavy (non-hydrogen) atoms. The molecular weight excluding hydrogens is 264 g/mol. The second kappa shape index (κ2) is 5.34. The third kappa shape index (κ3) is 2.71. The Bertz CT molecular complexity index is 666. The fourth-order valence-electron chi connectivity index (χ4n) is 1.63. The smallest absolute Gasteiger partial charge is 0.300 e. The maximum atomic E-state index is 12.0. The molecule has 0 spiro atoms. The predicted molar refractivity (Wildman–Crippen MR) is 69.7 cm³/mol. The van der Waals surface area contributed by atoms with E-state index in [-0.39, 0.29) is 23.6 Å². The topological polar surface area (TPSA) is 129 Å². The molecule has 9 nitrogen and oxygen atoms in total. The maximum Gasteiger partial charge on any atom is 0.300 e. The van der Waals surface area contributed by atoms with Gasteiger partial charge in [-0.1, -0.05) is 0 Å². The number of nitrogens with one attached hydrogen (secondary N) is 1. The second-order valence-corrected chi connectivity index (χ2v) is 4.01. The summed E-state index contributed by atoms with van der Waals surface area (Å²) in [4.78, 5) is 25.8. The summed E-state index contributed by atoms with van der Waals surface area (Å²) in [5, 5.41) is 17.4. The molecule has 1 amide bonds. The molecule has 0 saturated heterocycles. The number of rotatable bonds is 4. The molecule has 0 aliphatic rings. The normalized spacial score (nSPS) is 10.2. The highest BCUT2D eigenvalue weighted by Crippen LogP contribution is 2.18. The van der Waals surface area contributed by atoms with Gasteiger partial charge in [0.15, 0.2) is 0 Å². The zero-order valence-corrected chi connectivity index (χ0v) is 10.6. The molecule has 0 fully saturated rings. The van der Waals surface area contributed by atoms with Gasteiger partial charge >= 0.3 is 0 Å². The van der Waals surface area contributed by atoms with Gasteiger partial charge in [0.2, 0.25) is 0 Å². The summed E-state index contributed by atoms with van der Waals surface area (Å²) in [5.41, 5.74) is 5.71. The van der Waals surface area contributed by atoms with Crippen molar-refractivity contribution in [1.29, 1.82) is 0 Å². The molecule has 0 saturated carbocycles. The van der Waals surface area contributed by atoms with Gasteiger partial charge in [0, 0.05) is 13.2 Å². The Labute approximate surface area is 113 Å². The van der Waals surface area contributed by atoms with Gasteiger partial charge in [-0.05, 0) is 12.1 Å².